The number of benzene rings is 1. The third-order valence-corrected chi connectivity index (χ3v) is 6.31. The van der Waals surface area contributed by atoms with Crippen molar-refractivity contribution in [1.82, 2.24) is 9.78 Å². The Bertz CT molecular complexity index is 1040. The molecule has 1 N–H and O–H groups in total. The monoisotopic (exact) mass is 381 g/mol. The number of hydrogen-bond donors (Lipinski definition) is 1. The lowest BCUT2D eigenvalue weighted by molar-refractivity contribution is 0.603. The molecular weight excluding hydrogens is 370 g/mol. The van der Waals surface area contributed by atoms with E-state index in [1.54, 1.807) is 37.4 Å². The van der Waals surface area contributed by atoms with Crippen LogP contribution in [0.1, 0.15) is 0 Å². The van der Waals surface area contributed by atoms with Gasteiger partial charge in [-0.05, 0) is 30.3 Å². The third-order valence-electron chi connectivity index (χ3n) is 3.21. The average Bonchev–Trinajstić information content (AvgIpc) is 2.98. The summed E-state index contributed by atoms with van der Waals surface area (Å²) in [5.41, 5.74) is 1.62. The molecule has 0 bridgehead atoms. The first-order valence-electron chi connectivity index (χ1n) is 6.78. The maximum atomic E-state index is 12.2. The number of thiophene rings is 1. The van der Waals surface area contributed by atoms with Crippen LogP contribution in [0.3, 0.4) is 0 Å². The second-order valence-corrected chi connectivity index (χ2v) is 8.55. The molecule has 6 nitrogen and oxygen atoms in total. The standard InChI is InChI=1S/C15H12ClN3O3S2/c1-19-14(20)8-6-12(17-19)10-2-4-11(5-3-10)18-24(21,22)15-9-7-13(16)23-15/h2-9,18H,1H3. The van der Waals surface area contributed by atoms with Gasteiger partial charge in [0.05, 0.1) is 10.0 Å². The normalized spacial score (nSPS) is 11.4. The van der Waals surface area contributed by atoms with Crippen molar-refractivity contribution in [3.8, 4) is 11.3 Å². The Kier molecular flexibility index (Phi) is 4.44. The van der Waals surface area contributed by atoms with E-state index in [1.165, 1.54) is 22.9 Å². The van der Waals surface area contributed by atoms with E-state index in [0.29, 0.717) is 15.7 Å². The highest BCUT2D eigenvalue weighted by Crippen LogP contribution is 2.27. The summed E-state index contributed by atoms with van der Waals surface area (Å²) in [6.45, 7) is 0. The number of anilines is 1. The second kappa shape index (κ2) is 6.39. The van der Waals surface area contributed by atoms with Gasteiger partial charge in [-0.1, -0.05) is 23.7 Å². The Morgan fingerprint density at radius 3 is 2.38 bits per heavy atom. The minimum Gasteiger partial charge on any atom is -0.279 e. The smallest absolute Gasteiger partial charge is 0.271 e. The fourth-order valence-electron chi connectivity index (χ4n) is 2.01. The van der Waals surface area contributed by atoms with E-state index in [9.17, 15) is 13.2 Å². The summed E-state index contributed by atoms with van der Waals surface area (Å²) < 4.78 is 28.8. The molecule has 0 atom stereocenters. The lowest BCUT2D eigenvalue weighted by Gasteiger charge is -2.07. The van der Waals surface area contributed by atoms with Crippen LogP contribution in [0.4, 0.5) is 5.69 Å². The van der Waals surface area contributed by atoms with Crippen LogP contribution in [-0.2, 0) is 17.1 Å². The summed E-state index contributed by atoms with van der Waals surface area (Å²) in [5, 5.41) is 4.15. The molecule has 0 amide bonds. The first-order valence-corrected chi connectivity index (χ1v) is 9.46. The summed E-state index contributed by atoms with van der Waals surface area (Å²) in [4.78, 5) is 11.4. The summed E-state index contributed by atoms with van der Waals surface area (Å²) in [6, 6.07) is 12.8. The van der Waals surface area contributed by atoms with E-state index in [1.807, 2.05) is 0 Å². The molecule has 0 saturated carbocycles. The Morgan fingerprint density at radius 2 is 1.79 bits per heavy atom. The minimum atomic E-state index is -3.66. The van der Waals surface area contributed by atoms with Crippen LogP contribution in [-0.4, -0.2) is 18.2 Å². The molecule has 24 heavy (non-hydrogen) atoms. The van der Waals surface area contributed by atoms with Crippen molar-refractivity contribution in [1.29, 1.82) is 0 Å². The van der Waals surface area contributed by atoms with E-state index in [2.05, 4.69) is 9.82 Å². The number of hydrogen-bond acceptors (Lipinski definition) is 5. The summed E-state index contributed by atoms with van der Waals surface area (Å²) in [5.74, 6) is 0. The molecule has 0 aliphatic carbocycles. The largest absolute Gasteiger partial charge is 0.279 e. The Balaban J connectivity index is 1.84. The first-order chi connectivity index (χ1) is 11.3. The molecule has 2 aromatic heterocycles. The maximum absolute atomic E-state index is 12.2. The van der Waals surface area contributed by atoms with Crippen LogP contribution < -0.4 is 10.3 Å². The van der Waals surface area contributed by atoms with Crippen LogP contribution in [0, 0.1) is 0 Å². The molecule has 2 heterocycles. The van der Waals surface area contributed by atoms with Gasteiger partial charge in [-0.2, -0.15) is 5.10 Å². The highest BCUT2D eigenvalue weighted by atomic mass is 35.5. The Hall–Kier alpha value is -2.16. The lowest BCUT2D eigenvalue weighted by Crippen LogP contribution is -2.18. The van der Waals surface area contributed by atoms with Crippen LogP contribution >= 0.6 is 22.9 Å². The molecule has 3 rings (SSSR count). The van der Waals surface area contributed by atoms with Gasteiger partial charge < -0.3 is 0 Å². The molecule has 9 heteroatoms. The van der Waals surface area contributed by atoms with Gasteiger partial charge in [0, 0.05) is 24.4 Å². The number of halogens is 1. The van der Waals surface area contributed by atoms with E-state index >= 15 is 0 Å². The van der Waals surface area contributed by atoms with Gasteiger partial charge in [-0.3, -0.25) is 9.52 Å². The molecule has 0 aliphatic heterocycles. The summed E-state index contributed by atoms with van der Waals surface area (Å²) in [6.07, 6.45) is 0. The van der Waals surface area contributed by atoms with Gasteiger partial charge >= 0.3 is 0 Å². The number of aryl methyl sites for hydroxylation is 1. The Labute approximate surface area is 147 Å². The topological polar surface area (TPSA) is 81.1 Å². The quantitative estimate of drug-likeness (QED) is 0.753. The minimum absolute atomic E-state index is 0.149. The summed E-state index contributed by atoms with van der Waals surface area (Å²) >= 11 is 6.77. The molecule has 0 spiro atoms. The van der Waals surface area contributed by atoms with Crippen molar-refractivity contribution in [2.75, 3.05) is 4.72 Å². The maximum Gasteiger partial charge on any atom is 0.271 e. The molecule has 0 unspecified atom stereocenters. The number of aromatic nitrogens is 2. The average molecular weight is 382 g/mol. The van der Waals surface area contributed by atoms with Gasteiger partial charge in [0.15, 0.2) is 0 Å². The Morgan fingerprint density at radius 1 is 1.08 bits per heavy atom. The molecule has 0 aliphatic rings. The van der Waals surface area contributed by atoms with E-state index in [-0.39, 0.29) is 9.77 Å². The number of nitrogens with one attached hydrogen (secondary N) is 1. The highest BCUT2D eigenvalue weighted by Gasteiger charge is 2.16. The first kappa shape index (κ1) is 16.7. The molecular formula is C15H12ClN3O3S2. The van der Waals surface area contributed by atoms with Crippen molar-refractivity contribution in [3.05, 3.63) is 63.2 Å². The van der Waals surface area contributed by atoms with Gasteiger partial charge in [-0.25, -0.2) is 13.1 Å². The van der Waals surface area contributed by atoms with E-state index < -0.39 is 10.0 Å². The molecule has 0 saturated heterocycles. The number of sulfonamides is 1. The van der Waals surface area contributed by atoms with Crippen molar-refractivity contribution in [2.24, 2.45) is 7.05 Å². The van der Waals surface area contributed by atoms with Crippen LogP contribution in [0.25, 0.3) is 11.3 Å². The molecule has 124 valence electrons. The predicted molar refractivity (Wildman–Crippen MR) is 95.1 cm³/mol. The van der Waals surface area contributed by atoms with Crippen LogP contribution in [0.2, 0.25) is 4.34 Å². The van der Waals surface area contributed by atoms with E-state index in [4.69, 9.17) is 11.6 Å². The zero-order valence-electron chi connectivity index (χ0n) is 12.4. The van der Waals surface area contributed by atoms with Crippen molar-refractivity contribution in [2.45, 2.75) is 4.21 Å². The number of nitrogens with zero attached hydrogens (tertiary/aromatic N) is 2. The number of rotatable bonds is 4. The van der Waals surface area contributed by atoms with Gasteiger partial charge in [0.25, 0.3) is 15.6 Å². The highest BCUT2D eigenvalue weighted by molar-refractivity contribution is 7.94. The van der Waals surface area contributed by atoms with Crippen LogP contribution in [0.5, 0.6) is 0 Å². The zero-order chi connectivity index (χ0) is 17.3. The van der Waals surface area contributed by atoms with Gasteiger partial charge in [0.1, 0.15) is 4.21 Å². The van der Waals surface area contributed by atoms with Crippen molar-refractivity contribution in [3.63, 3.8) is 0 Å². The fourth-order valence-corrected chi connectivity index (χ4v) is 4.55. The summed E-state index contributed by atoms with van der Waals surface area (Å²) in [7, 11) is -2.09. The lowest BCUT2D eigenvalue weighted by atomic mass is 10.1. The second-order valence-electron chi connectivity index (χ2n) is 4.92. The molecule has 3 aromatic rings. The van der Waals surface area contributed by atoms with Crippen molar-refractivity contribution < 1.29 is 8.42 Å². The SMILES string of the molecule is Cn1nc(-c2ccc(NS(=O)(=O)c3ccc(Cl)s3)cc2)ccc1=O. The molecule has 1 aromatic carbocycles. The van der Waals surface area contributed by atoms with Gasteiger partial charge in [-0.15, -0.1) is 11.3 Å². The van der Waals surface area contributed by atoms with Gasteiger partial charge in [0.2, 0.25) is 0 Å². The molecule has 0 fully saturated rings. The molecule has 0 radical (unpaired) electrons. The fraction of sp³-hybridized carbons (Fsp3) is 0.0667. The zero-order valence-corrected chi connectivity index (χ0v) is 14.8. The van der Waals surface area contributed by atoms with Crippen LogP contribution in [0.15, 0.2) is 57.5 Å². The van der Waals surface area contributed by atoms with Crippen molar-refractivity contribution >= 4 is 38.6 Å². The predicted octanol–water partition coefficient (Wildman–Crippen LogP) is 2.96. The van der Waals surface area contributed by atoms with E-state index in [0.717, 1.165) is 16.9 Å². The third kappa shape index (κ3) is 3.50.